The van der Waals surface area contributed by atoms with Crippen molar-refractivity contribution in [2.75, 3.05) is 25.6 Å². The molecule has 1 heterocycles. The number of anilines is 1. The van der Waals surface area contributed by atoms with E-state index in [-0.39, 0.29) is 6.10 Å². The van der Waals surface area contributed by atoms with Gasteiger partial charge in [-0.15, -0.1) is 0 Å². The van der Waals surface area contributed by atoms with Gasteiger partial charge >= 0.3 is 0 Å². The predicted octanol–water partition coefficient (Wildman–Crippen LogP) is 1.20. The van der Waals surface area contributed by atoms with E-state index in [0.717, 1.165) is 24.6 Å². The molecule has 5 nitrogen and oxygen atoms in total. The van der Waals surface area contributed by atoms with Crippen LogP contribution in [0.15, 0.2) is 12.4 Å². The molecular formula is C13H22N4O. The van der Waals surface area contributed by atoms with Gasteiger partial charge in [-0.05, 0) is 19.8 Å². The molecule has 0 amide bonds. The van der Waals surface area contributed by atoms with E-state index in [2.05, 4.69) is 20.2 Å². The number of nitrogens with one attached hydrogen (secondary N) is 1. The van der Waals surface area contributed by atoms with Gasteiger partial charge in [0.05, 0.1) is 24.2 Å². The lowest BCUT2D eigenvalue weighted by Gasteiger charge is -2.21. The summed E-state index contributed by atoms with van der Waals surface area (Å²) >= 11 is 0. The Morgan fingerprint density at radius 1 is 1.44 bits per heavy atom. The lowest BCUT2D eigenvalue weighted by atomic mass is 10.3. The van der Waals surface area contributed by atoms with Gasteiger partial charge in [0, 0.05) is 33.3 Å². The van der Waals surface area contributed by atoms with Gasteiger partial charge in [-0.25, -0.2) is 4.98 Å². The van der Waals surface area contributed by atoms with E-state index in [0.29, 0.717) is 6.04 Å². The molecule has 0 bridgehead atoms. The molecule has 1 fully saturated rings. The third-order valence-electron chi connectivity index (χ3n) is 3.17. The average Bonchev–Trinajstić information content (AvgIpc) is 3.20. The van der Waals surface area contributed by atoms with Crippen LogP contribution in [-0.4, -0.2) is 42.8 Å². The molecule has 1 aromatic rings. The number of aromatic nitrogens is 2. The van der Waals surface area contributed by atoms with Crippen molar-refractivity contribution in [1.82, 2.24) is 15.3 Å². The largest absolute Gasteiger partial charge is 0.380 e. The maximum atomic E-state index is 5.24. The monoisotopic (exact) mass is 250 g/mol. The summed E-state index contributed by atoms with van der Waals surface area (Å²) in [6.45, 7) is 3.67. The fourth-order valence-corrected chi connectivity index (χ4v) is 1.73. The molecule has 1 unspecified atom stereocenters. The van der Waals surface area contributed by atoms with E-state index in [1.54, 1.807) is 7.11 Å². The molecular weight excluding hydrogens is 228 g/mol. The molecule has 18 heavy (non-hydrogen) atoms. The molecule has 1 aliphatic rings. The quantitative estimate of drug-likeness (QED) is 0.788. The van der Waals surface area contributed by atoms with Gasteiger partial charge in [-0.2, -0.15) is 0 Å². The first kappa shape index (κ1) is 13.2. The molecule has 100 valence electrons. The van der Waals surface area contributed by atoms with Crippen LogP contribution in [0, 0.1) is 0 Å². The van der Waals surface area contributed by atoms with Crippen LogP contribution >= 0.6 is 0 Å². The summed E-state index contributed by atoms with van der Waals surface area (Å²) in [5, 5.41) is 3.43. The second-order valence-electron chi connectivity index (χ2n) is 4.95. The summed E-state index contributed by atoms with van der Waals surface area (Å²) in [6, 6.07) is 0.705. The van der Waals surface area contributed by atoms with Crippen LogP contribution < -0.4 is 10.2 Å². The van der Waals surface area contributed by atoms with Crippen LogP contribution in [0.3, 0.4) is 0 Å². The van der Waals surface area contributed by atoms with Gasteiger partial charge < -0.3 is 15.0 Å². The van der Waals surface area contributed by atoms with Gasteiger partial charge in [0.25, 0.3) is 0 Å². The number of methoxy groups -OCH3 is 1. The molecule has 1 N–H and O–H groups in total. The number of ether oxygens (including phenoxy) is 1. The third kappa shape index (κ3) is 3.92. The predicted molar refractivity (Wildman–Crippen MR) is 71.6 cm³/mol. The van der Waals surface area contributed by atoms with Gasteiger partial charge in [0.1, 0.15) is 5.82 Å². The molecule has 1 aliphatic carbocycles. The van der Waals surface area contributed by atoms with Crippen LogP contribution in [-0.2, 0) is 11.3 Å². The Morgan fingerprint density at radius 2 is 2.22 bits per heavy atom. The Hall–Kier alpha value is -1.20. The first-order valence-corrected chi connectivity index (χ1v) is 6.47. The van der Waals surface area contributed by atoms with E-state index < -0.39 is 0 Å². The molecule has 0 radical (unpaired) electrons. The van der Waals surface area contributed by atoms with Gasteiger partial charge in [0.15, 0.2) is 0 Å². The van der Waals surface area contributed by atoms with Gasteiger partial charge in [-0.1, -0.05) is 0 Å². The Balaban J connectivity index is 1.85. The van der Waals surface area contributed by atoms with Crippen LogP contribution in [0.5, 0.6) is 0 Å². The fourth-order valence-electron chi connectivity index (χ4n) is 1.73. The Morgan fingerprint density at radius 3 is 2.78 bits per heavy atom. The van der Waals surface area contributed by atoms with Crippen molar-refractivity contribution in [2.45, 2.75) is 38.5 Å². The molecule has 0 spiro atoms. The topological polar surface area (TPSA) is 50.3 Å². The third-order valence-corrected chi connectivity index (χ3v) is 3.17. The highest BCUT2D eigenvalue weighted by molar-refractivity contribution is 5.34. The fraction of sp³-hybridized carbons (Fsp3) is 0.692. The van der Waals surface area contributed by atoms with Crippen LogP contribution in [0.4, 0.5) is 5.82 Å². The summed E-state index contributed by atoms with van der Waals surface area (Å²) in [4.78, 5) is 10.9. The first-order valence-electron chi connectivity index (χ1n) is 6.47. The Bertz CT molecular complexity index is 364. The van der Waals surface area contributed by atoms with Crippen LogP contribution in [0.1, 0.15) is 25.5 Å². The maximum absolute atomic E-state index is 5.24. The Labute approximate surface area is 109 Å². The number of rotatable bonds is 7. The number of hydrogen-bond donors (Lipinski definition) is 1. The summed E-state index contributed by atoms with van der Waals surface area (Å²) in [6.07, 6.45) is 6.45. The highest BCUT2D eigenvalue weighted by Gasteiger charge is 2.20. The van der Waals surface area contributed by atoms with E-state index in [1.807, 2.05) is 26.4 Å². The number of nitrogens with zero attached hydrogens (tertiary/aromatic N) is 3. The van der Waals surface area contributed by atoms with Gasteiger partial charge in [-0.3, -0.25) is 4.98 Å². The van der Waals surface area contributed by atoms with Crippen molar-refractivity contribution in [2.24, 2.45) is 0 Å². The molecule has 2 rings (SSSR count). The lowest BCUT2D eigenvalue weighted by Crippen LogP contribution is -2.29. The van der Waals surface area contributed by atoms with Crippen LogP contribution in [0.2, 0.25) is 0 Å². The standard InChI is InChI=1S/C13H22N4O/c1-10(18-3)9-17(2)13-8-15-12(7-16-13)6-14-11-4-5-11/h7-8,10-11,14H,4-6,9H2,1-3H3. The first-order chi connectivity index (χ1) is 8.69. The average molecular weight is 250 g/mol. The SMILES string of the molecule is COC(C)CN(C)c1cnc(CNC2CC2)cn1. The molecule has 1 atom stereocenters. The van der Waals surface area contributed by atoms with Crippen molar-refractivity contribution in [3.63, 3.8) is 0 Å². The molecule has 1 aromatic heterocycles. The number of likely N-dealkylation sites (N-methyl/N-ethyl adjacent to an activating group) is 1. The normalized spacial score (nSPS) is 16.6. The summed E-state index contributed by atoms with van der Waals surface area (Å²) in [5.41, 5.74) is 0.999. The Kier molecular flexibility index (Phi) is 4.49. The van der Waals surface area contributed by atoms with Crippen molar-refractivity contribution >= 4 is 5.82 Å². The maximum Gasteiger partial charge on any atom is 0.146 e. The minimum Gasteiger partial charge on any atom is -0.380 e. The van der Waals surface area contributed by atoms with Crippen molar-refractivity contribution in [1.29, 1.82) is 0 Å². The van der Waals surface area contributed by atoms with Crippen LogP contribution in [0.25, 0.3) is 0 Å². The summed E-state index contributed by atoms with van der Waals surface area (Å²) in [5.74, 6) is 0.883. The summed E-state index contributed by atoms with van der Waals surface area (Å²) in [7, 11) is 3.72. The molecule has 0 aliphatic heterocycles. The van der Waals surface area contributed by atoms with Crippen molar-refractivity contribution in [3.05, 3.63) is 18.1 Å². The minimum absolute atomic E-state index is 0.188. The minimum atomic E-state index is 0.188. The molecule has 0 saturated heterocycles. The number of hydrogen-bond acceptors (Lipinski definition) is 5. The zero-order chi connectivity index (χ0) is 13.0. The van der Waals surface area contributed by atoms with E-state index in [1.165, 1.54) is 12.8 Å². The lowest BCUT2D eigenvalue weighted by molar-refractivity contribution is 0.124. The second kappa shape index (κ2) is 6.11. The molecule has 0 aromatic carbocycles. The zero-order valence-electron chi connectivity index (χ0n) is 11.4. The van der Waals surface area contributed by atoms with Crippen molar-refractivity contribution < 1.29 is 4.74 Å². The van der Waals surface area contributed by atoms with E-state index in [4.69, 9.17) is 4.74 Å². The van der Waals surface area contributed by atoms with Crippen molar-refractivity contribution in [3.8, 4) is 0 Å². The van der Waals surface area contributed by atoms with E-state index in [9.17, 15) is 0 Å². The van der Waals surface area contributed by atoms with E-state index >= 15 is 0 Å². The smallest absolute Gasteiger partial charge is 0.146 e. The highest BCUT2D eigenvalue weighted by Crippen LogP contribution is 2.19. The highest BCUT2D eigenvalue weighted by atomic mass is 16.5. The molecule has 5 heteroatoms. The van der Waals surface area contributed by atoms with Gasteiger partial charge in [0.2, 0.25) is 0 Å². The summed E-state index contributed by atoms with van der Waals surface area (Å²) < 4.78 is 5.24. The molecule has 1 saturated carbocycles. The zero-order valence-corrected chi connectivity index (χ0v) is 11.4. The second-order valence-corrected chi connectivity index (χ2v) is 4.95.